The number of hydrogen-bond donors (Lipinski definition) is 2. The van der Waals surface area contributed by atoms with Gasteiger partial charge in [-0.1, -0.05) is 19.0 Å². The molecule has 0 saturated carbocycles. The predicted molar refractivity (Wildman–Crippen MR) is 77.2 cm³/mol. The van der Waals surface area contributed by atoms with E-state index >= 15 is 0 Å². The summed E-state index contributed by atoms with van der Waals surface area (Å²) in [5.74, 6) is -1.42. The smallest absolute Gasteiger partial charge is 0.240 e. The SMILES string of the molecule is [2H]C([2H])([2H])[C@@H]1CC(=O)NN=C1c1ccc(NN=C(C#N)C#N)cc1. The van der Waals surface area contributed by atoms with Crippen molar-refractivity contribution in [2.45, 2.75) is 13.3 Å². The Bertz CT molecular complexity index is 767. The Morgan fingerprint density at radius 1 is 1.48 bits per heavy atom. The zero-order valence-corrected chi connectivity index (χ0v) is 10.8. The molecule has 0 saturated heterocycles. The number of nitrogens with one attached hydrogen (secondary N) is 2. The van der Waals surface area contributed by atoms with E-state index in [1.807, 2.05) is 0 Å². The van der Waals surface area contributed by atoms with Crippen molar-refractivity contribution in [1.82, 2.24) is 5.43 Å². The highest BCUT2D eigenvalue weighted by atomic mass is 16.2. The number of hydrogen-bond acceptors (Lipinski definition) is 6. The topological polar surface area (TPSA) is 113 Å². The van der Waals surface area contributed by atoms with Gasteiger partial charge in [-0.3, -0.25) is 10.2 Å². The van der Waals surface area contributed by atoms with Crippen LogP contribution in [0.1, 0.15) is 22.9 Å². The lowest BCUT2D eigenvalue weighted by Gasteiger charge is -2.19. The summed E-state index contributed by atoms with van der Waals surface area (Å²) in [4.78, 5) is 11.4. The molecule has 2 rings (SSSR count). The number of nitriles is 2. The van der Waals surface area contributed by atoms with Crippen LogP contribution in [0.4, 0.5) is 5.69 Å². The molecule has 7 heteroatoms. The standard InChI is InChI=1S/C14H12N6O/c1-9-6-13(21)19-20-14(9)10-2-4-11(5-3-10)17-18-12(7-15)8-16/h2-5,9,17H,6H2,1H3,(H,19,21)/t9-/m1/s1/i1D3. The average Bonchev–Trinajstić information content (AvgIpc) is 2.55. The average molecular weight is 283 g/mol. The minimum absolute atomic E-state index is 0.159. The highest BCUT2D eigenvalue weighted by Crippen LogP contribution is 2.18. The summed E-state index contributed by atoms with van der Waals surface area (Å²) in [7, 11) is 0. The lowest BCUT2D eigenvalue weighted by atomic mass is 9.94. The van der Waals surface area contributed by atoms with Gasteiger partial charge in [0.2, 0.25) is 11.6 Å². The van der Waals surface area contributed by atoms with E-state index in [4.69, 9.17) is 14.6 Å². The van der Waals surface area contributed by atoms with Crippen molar-refractivity contribution < 1.29 is 8.91 Å². The van der Waals surface area contributed by atoms with Crippen molar-refractivity contribution in [3.8, 4) is 12.1 Å². The zero-order valence-electron chi connectivity index (χ0n) is 13.8. The fourth-order valence-corrected chi connectivity index (χ4v) is 1.70. The lowest BCUT2D eigenvalue weighted by Crippen LogP contribution is -2.31. The van der Waals surface area contributed by atoms with E-state index in [1.54, 1.807) is 36.4 Å². The number of carbonyl (C=O) groups excluding carboxylic acids is 1. The quantitative estimate of drug-likeness (QED) is 0.644. The van der Waals surface area contributed by atoms with Gasteiger partial charge in [-0.15, -0.1) is 0 Å². The van der Waals surface area contributed by atoms with Gasteiger partial charge in [-0.2, -0.15) is 20.7 Å². The molecule has 0 fully saturated rings. The van der Waals surface area contributed by atoms with Gasteiger partial charge in [0.05, 0.1) is 11.4 Å². The van der Waals surface area contributed by atoms with Gasteiger partial charge >= 0.3 is 0 Å². The van der Waals surface area contributed by atoms with Crippen LogP contribution in [-0.2, 0) is 4.79 Å². The minimum Gasteiger partial charge on any atom is -0.277 e. The number of amides is 1. The van der Waals surface area contributed by atoms with Gasteiger partial charge in [-0.25, -0.2) is 5.43 Å². The summed E-state index contributed by atoms with van der Waals surface area (Å²) in [6.45, 7) is -2.34. The maximum absolute atomic E-state index is 11.4. The largest absolute Gasteiger partial charge is 0.277 e. The highest BCUT2D eigenvalue weighted by molar-refractivity contribution is 6.10. The molecule has 0 spiro atoms. The molecule has 21 heavy (non-hydrogen) atoms. The lowest BCUT2D eigenvalue weighted by molar-refractivity contribution is -0.121. The van der Waals surface area contributed by atoms with E-state index in [1.165, 1.54) is 0 Å². The van der Waals surface area contributed by atoms with Crippen molar-refractivity contribution >= 4 is 23.0 Å². The summed E-state index contributed by atoms with van der Waals surface area (Å²) in [6, 6.07) is 9.66. The van der Waals surface area contributed by atoms with Gasteiger partial charge in [0.15, 0.2) is 0 Å². The number of nitrogens with zero attached hydrogens (tertiary/aromatic N) is 4. The van der Waals surface area contributed by atoms with Crippen molar-refractivity contribution in [1.29, 1.82) is 10.5 Å². The van der Waals surface area contributed by atoms with Crippen LogP contribution in [0.15, 0.2) is 34.5 Å². The van der Waals surface area contributed by atoms with Crippen molar-refractivity contribution in [3.63, 3.8) is 0 Å². The molecule has 2 N–H and O–H groups in total. The highest BCUT2D eigenvalue weighted by Gasteiger charge is 2.21. The molecule has 7 nitrogen and oxygen atoms in total. The summed E-state index contributed by atoms with van der Waals surface area (Å²) < 4.78 is 22.7. The maximum atomic E-state index is 11.4. The molecule has 1 aliphatic rings. The van der Waals surface area contributed by atoms with E-state index in [0.29, 0.717) is 11.3 Å². The van der Waals surface area contributed by atoms with Crippen LogP contribution in [0.25, 0.3) is 0 Å². The van der Waals surface area contributed by atoms with E-state index in [9.17, 15) is 4.79 Å². The molecule has 1 aliphatic heterocycles. The van der Waals surface area contributed by atoms with Crippen molar-refractivity contribution in [3.05, 3.63) is 29.8 Å². The predicted octanol–water partition coefficient (Wildman–Crippen LogP) is 1.36. The second-order valence-corrected chi connectivity index (χ2v) is 4.16. The van der Waals surface area contributed by atoms with E-state index in [2.05, 4.69) is 21.1 Å². The van der Waals surface area contributed by atoms with E-state index in [0.717, 1.165) is 0 Å². The minimum atomic E-state index is -2.34. The molecular formula is C14H12N6O. The van der Waals surface area contributed by atoms with Crippen LogP contribution in [0.3, 0.4) is 0 Å². The molecule has 0 bridgehead atoms. The monoisotopic (exact) mass is 283 g/mol. The Morgan fingerprint density at radius 3 is 2.81 bits per heavy atom. The number of rotatable bonds is 3. The Morgan fingerprint density at radius 2 is 2.19 bits per heavy atom. The number of benzene rings is 1. The molecular weight excluding hydrogens is 268 g/mol. The first-order valence-corrected chi connectivity index (χ1v) is 5.96. The maximum Gasteiger partial charge on any atom is 0.240 e. The molecule has 1 amide bonds. The summed E-state index contributed by atoms with van der Waals surface area (Å²) in [5, 5.41) is 24.7. The molecule has 1 aromatic rings. The van der Waals surface area contributed by atoms with Gasteiger partial charge in [0.1, 0.15) is 12.1 Å². The van der Waals surface area contributed by atoms with E-state index in [-0.39, 0.29) is 17.8 Å². The van der Waals surface area contributed by atoms with Crippen molar-refractivity contribution in [2.75, 3.05) is 5.43 Å². The third-order valence-electron chi connectivity index (χ3n) is 2.71. The third-order valence-corrected chi connectivity index (χ3v) is 2.71. The Kier molecular flexibility index (Phi) is 3.18. The van der Waals surface area contributed by atoms with E-state index < -0.39 is 18.7 Å². The van der Waals surface area contributed by atoms with Gasteiger partial charge in [-0.05, 0) is 17.7 Å². The van der Waals surface area contributed by atoms with Crippen LogP contribution >= 0.6 is 0 Å². The van der Waals surface area contributed by atoms with Crippen LogP contribution in [0.5, 0.6) is 0 Å². The fraction of sp³-hybridized carbons (Fsp3) is 0.214. The normalized spacial score (nSPS) is 19.5. The second kappa shape index (κ2) is 6.31. The Hall–Kier alpha value is -3.19. The molecule has 104 valence electrons. The molecule has 0 unspecified atom stereocenters. The van der Waals surface area contributed by atoms with Crippen LogP contribution in [0, 0.1) is 28.6 Å². The summed E-state index contributed by atoms with van der Waals surface area (Å²) in [6.07, 6.45) is -0.159. The number of carbonyl (C=O) groups is 1. The van der Waals surface area contributed by atoms with Crippen molar-refractivity contribution in [2.24, 2.45) is 16.1 Å². The molecule has 1 atom stereocenters. The molecule has 0 aromatic heterocycles. The van der Waals surface area contributed by atoms with Gasteiger partial charge in [0, 0.05) is 16.5 Å². The van der Waals surface area contributed by atoms with Gasteiger partial charge in [0.25, 0.3) is 0 Å². The summed E-state index contributed by atoms with van der Waals surface area (Å²) >= 11 is 0. The first-order chi connectivity index (χ1) is 11.3. The Balaban J connectivity index is 2.24. The first-order valence-electron chi connectivity index (χ1n) is 7.46. The molecule has 1 heterocycles. The van der Waals surface area contributed by atoms with Gasteiger partial charge < -0.3 is 0 Å². The molecule has 0 aliphatic carbocycles. The summed E-state index contributed by atoms with van der Waals surface area (Å²) in [5.41, 5.74) is 5.85. The molecule has 1 aromatic carbocycles. The number of hydrazone groups is 2. The first kappa shape index (κ1) is 10.6. The molecule has 0 radical (unpaired) electrons. The Labute approximate surface area is 125 Å². The van der Waals surface area contributed by atoms with Crippen LogP contribution in [0.2, 0.25) is 0 Å². The second-order valence-electron chi connectivity index (χ2n) is 4.16. The zero-order chi connectivity index (χ0) is 17.7. The number of anilines is 1. The fourth-order valence-electron chi connectivity index (χ4n) is 1.70. The third kappa shape index (κ3) is 3.43. The van der Waals surface area contributed by atoms with Crippen LogP contribution in [-0.4, -0.2) is 17.3 Å². The van der Waals surface area contributed by atoms with Crippen LogP contribution < -0.4 is 10.9 Å².